The number of hydrogen-bond donors (Lipinski definition) is 2. The third-order valence-corrected chi connectivity index (χ3v) is 9.62. The molecule has 0 bridgehead atoms. The van der Waals surface area contributed by atoms with E-state index < -0.39 is 0 Å². The fraction of sp³-hybridized carbons (Fsp3) is 0.406. The van der Waals surface area contributed by atoms with E-state index in [0.29, 0.717) is 42.0 Å². The summed E-state index contributed by atoms with van der Waals surface area (Å²) in [6.07, 6.45) is 12.4. The van der Waals surface area contributed by atoms with Gasteiger partial charge in [0.15, 0.2) is 0 Å². The van der Waals surface area contributed by atoms with Crippen LogP contribution in [0.3, 0.4) is 0 Å². The number of aryl methyl sites for hydroxylation is 2. The van der Waals surface area contributed by atoms with Crippen LogP contribution in [0.25, 0.3) is 22.3 Å². The maximum absolute atomic E-state index is 13.1. The Morgan fingerprint density at radius 3 is 2.60 bits per heavy atom. The second-order valence-electron chi connectivity index (χ2n) is 11.9. The van der Waals surface area contributed by atoms with Crippen LogP contribution >= 0.6 is 0 Å². The van der Waals surface area contributed by atoms with Crippen molar-refractivity contribution in [2.45, 2.75) is 57.5 Å². The summed E-state index contributed by atoms with van der Waals surface area (Å²) in [6, 6.07) is 6.42. The Kier molecular flexibility index (Phi) is 5.90. The lowest BCUT2D eigenvalue weighted by Gasteiger charge is -2.37. The molecule has 0 saturated carbocycles. The minimum atomic E-state index is -0.101. The maximum Gasteiger partial charge on any atom is 0.254 e. The highest BCUT2D eigenvalue weighted by Gasteiger charge is 2.32. The number of likely N-dealkylation sites (tertiary alicyclic amines) is 1. The average Bonchev–Trinajstić information content (AvgIpc) is 3.81. The van der Waals surface area contributed by atoms with Gasteiger partial charge < -0.3 is 25.0 Å². The molecule has 8 rings (SSSR count). The molecular weight excluding hydrogens is 528 g/mol. The van der Waals surface area contributed by atoms with Crippen LogP contribution in [0, 0.1) is 0 Å². The van der Waals surface area contributed by atoms with Crippen molar-refractivity contribution in [2.24, 2.45) is 7.05 Å². The maximum atomic E-state index is 13.1. The predicted molar refractivity (Wildman–Crippen MR) is 161 cm³/mol. The van der Waals surface area contributed by atoms with Gasteiger partial charge in [0.05, 0.1) is 35.0 Å². The van der Waals surface area contributed by atoms with Gasteiger partial charge >= 0.3 is 0 Å². The van der Waals surface area contributed by atoms with Crippen molar-refractivity contribution >= 4 is 40.0 Å². The van der Waals surface area contributed by atoms with Crippen molar-refractivity contribution in [1.82, 2.24) is 29.7 Å². The number of rotatable bonds is 5. The second kappa shape index (κ2) is 9.82. The molecular formula is C32H34N8O2. The molecule has 4 aromatic heterocycles. The van der Waals surface area contributed by atoms with E-state index in [-0.39, 0.29) is 5.91 Å². The number of anilines is 3. The van der Waals surface area contributed by atoms with Crippen LogP contribution in [-0.2, 0) is 31.2 Å². The van der Waals surface area contributed by atoms with Crippen molar-refractivity contribution in [3.63, 3.8) is 0 Å². The molecule has 42 heavy (non-hydrogen) atoms. The van der Waals surface area contributed by atoms with E-state index in [0.717, 1.165) is 91.7 Å². The fourth-order valence-electron chi connectivity index (χ4n) is 7.54. The Balaban J connectivity index is 1.05. The molecule has 4 aromatic rings. The monoisotopic (exact) mass is 562 g/mol. The summed E-state index contributed by atoms with van der Waals surface area (Å²) < 4.78 is 2.22. The number of nitrogens with zero attached hydrogens (tertiary/aromatic N) is 6. The molecule has 2 N–H and O–H groups in total. The summed E-state index contributed by atoms with van der Waals surface area (Å²) in [4.78, 5) is 43.9. The van der Waals surface area contributed by atoms with Crippen LogP contribution in [0.15, 0.2) is 36.8 Å². The summed E-state index contributed by atoms with van der Waals surface area (Å²) in [6.45, 7) is 3.17. The van der Waals surface area contributed by atoms with Crippen LogP contribution in [0.1, 0.15) is 59.3 Å². The molecule has 2 saturated heterocycles. The number of piperidine rings is 1. The summed E-state index contributed by atoms with van der Waals surface area (Å²) in [5, 5.41) is 7.54. The lowest BCUT2D eigenvalue weighted by Crippen LogP contribution is -2.45. The first-order chi connectivity index (χ1) is 20.6. The van der Waals surface area contributed by atoms with E-state index in [2.05, 4.69) is 43.1 Å². The zero-order valence-electron chi connectivity index (χ0n) is 23.8. The zero-order chi connectivity index (χ0) is 28.4. The number of aromatic nitrogens is 4. The molecule has 0 spiro atoms. The van der Waals surface area contributed by atoms with Gasteiger partial charge in [0.1, 0.15) is 11.5 Å². The summed E-state index contributed by atoms with van der Waals surface area (Å²) in [5.41, 5.74) is 8.83. The van der Waals surface area contributed by atoms with Gasteiger partial charge in [0, 0.05) is 74.1 Å². The predicted octanol–water partition coefficient (Wildman–Crippen LogP) is 4.10. The van der Waals surface area contributed by atoms with Gasteiger partial charge in [-0.1, -0.05) is 0 Å². The van der Waals surface area contributed by atoms with Crippen LogP contribution in [0.4, 0.5) is 17.2 Å². The third kappa shape index (κ3) is 3.95. The van der Waals surface area contributed by atoms with Gasteiger partial charge in [0.25, 0.3) is 5.91 Å². The SMILES string of the molecule is Cn1c2c(c3c(-c4ncc(Nc5ccc(N6CCC(N7CCCC7=O)CC6)cn5)c5c4CNC5=O)ccnc31)CCC2. The van der Waals surface area contributed by atoms with Crippen LogP contribution in [0.2, 0.25) is 0 Å². The number of carbonyl (C=O) groups is 2. The van der Waals surface area contributed by atoms with E-state index in [1.807, 2.05) is 24.5 Å². The number of hydrogen-bond acceptors (Lipinski definition) is 7. The second-order valence-corrected chi connectivity index (χ2v) is 11.9. The van der Waals surface area contributed by atoms with E-state index in [1.54, 1.807) is 6.20 Å². The van der Waals surface area contributed by atoms with Gasteiger partial charge in [-0.2, -0.15) is 0 Å². The highest BCUT2D eigenvalue weighted by atomic mass is 16.2. The lowest BCUT2D eigenvalue weighted by atomic mass is 9.98. The Morgan fingerprint density at radius 2 is 1.81 bits per heavy atom. The molecule has 3 aliphatic heterocycles. The largest absolute Gasteiger partial charge is 0.370 e. The Hall–Kier alpha value is -4.47. The van der Waals surface area contributed by atoms with Crippen LogP contribution < -0.4 is 15.5 Å². The number of carbonyl (C=O) groups excluding carboxylic acids is 2. The van der Waals surface area contributed by atoms with Crippen molar-refractivity contribution in [3.8, 4) is 11.3 Å². The first-order valence-electron chi connectivity index (χ1n) is 15.1. The standard InChI is InChI=1S/C32H34N8O2/c1-38-25-5-2-4-21(25)28-22(9-12-33-31(28)38)30-23-17-36-32(42)29(23)24(18-35-30)37-26-8-7-20(16-34-26)39-14-10-19(11-15-39)40-13-3-6-27(40)41/h7-9,12,16,18-19H,2-6,10-11,13-15,17H2,1H3,(H,34,37)(H,36,42). The molecule has 2 amide bonds. The van der Waals surface area contributed by atoms with Crippen LogP contribution in [0.5, 0.6) is 0 Å². The zero-order valence-corrected chi connectivity index (χ0v) is 23.8. The van der Waals surface area contributed by atoms with Gasteiger partial charge in [-0.05, 0) is 62.3 Å². The number of amides is 2. The van der Waals surface area contributed by atoms with Gasteiger partial charge in [-0.3, -0.25) is 14.6 Å². The average molecular weight is 563 g/mol. The highest BCUT2D eigenvalue weighted by molar-refractivity contribution is 6.07. The molecule has 214 valence electrons. The summed E-state index contributed by atoms with van der Waals surface area (Å²) in [7, 11) is 2.09. The third-order valence-electron chi connectivity index (χ3n) is 9.62. The molecule has 7 heterocycles. The normalized spacial score (nSPS) is 18.6. The molecule has 1 aliphatic carbocycles. The van der Waals surface area contributed by atoms with Crippen molar-refractivity contribution in [2.75, 3.05) is 29.9 Å². The molecule has 0 aromatic carbocycles. The highest BCUT2D eigenvalue weighted by Crippen LogP contribution is 2.40. The van der Waals surface area contributed by atoms with Crippen molar-refractivity contribution in [3.05, 3.63) is 59.2 Å². The molecule has 0 radical (unpaired) electrons. The van der Waals surface area contributed by atoms with Gasteiger partial charge in [-0.25, -0.2) is 9.97 Å². The Morgan fingerprint density at radius 1 is 0.929 bits per heavy atom. The fourth-order valence-corrected chi connectivity index (χ4v) is 7.54. The van der Waals surface area contributed by atoms with E-state index in [9.17, 15) is 9.59 Å². The molecule has 0 unspecified atom stereocenters. The number of fused-ring (bicyclic) bond motifs is 4. The number of pyridine rings is 3. The van der Waals surface area contributed by atoms with Crippen molar-refractivity contribution in [1.29, 1.82) is 0 Å². The molecule has 4 aliphatic rings. The Labute approximate surface area is 244 Å². The molecule has 0 atom stereocenters. The van der Waals surface area contributed by atoms with Gasteiger partial charge in [0.2, 0.25) is 5.91 Å². The lowest BCUT2D eigenvalue weighted by molar-refractivity contribution is -0.130. The first kappa shape index (κ1) is 25.3. The minimum absolute atomic E-state index is 0.101. The first-order valence-corrected chi connectivity index (χ1v) is 15.1. The van der Waals surface area contributed by atoms with Crippen molar-refractivity contribution < 1.29 is 9.59 Å². The quantitative estimate of drug-likeness (QED) is 0.377. The van der Waals surface area contributed by atoms with Gasteiger partial charge in [-0.15, -0.1) is 0 Å². The van der Waals surface area contributed by atoms with E-state index in [4.69, 9.17) is 9.97 Å². The van der Waals surface area contributed by atoms with Crippen LogP contribution in [-0.4, -0.2) is 61.9 Å². The molecule has 10 heteroatoms. The van der Waals surface area contributed by atoms with E-state index in [1.165, 1.54) is 11.3 Å². The van der Waals surface area contributed by atoms with E-state index >= 15 is 0 Å². The topological polar surface area (TPSA) is 108 Å². The Bertz CT molecular complexity index is 1740. The summed E-state index contributed by atoms with van der Waals surface area (Å²) in [5.74, 6) is 0.876. The molecule has 2 fully saturated rings. The molecule has 10 nitrogen and oxygen atoms in total. The summed E-state index contributed by atoms with van der Waals surface area (Å²) >= 11 is 0. The minimum Gasteiger partial charge on any atom is -0.370 e. The number of nitrogens with one attached hydrogen (secondary N) is 2. The smallest absolute Gasteiger partial charge is 0.254 e.